The fraction of sp³-hybridized carbons (Fsp3) is 0.267. The zero-order valence-corrected chi connectivity index (χ0v) is 25.0. The third-order valence-corrected chi connectivity index (χ3v) is 5.64. The van der Waals surface area contributed by atoms with Crippen molar-refractivity contribution in [2.24, 2.45) is 4.99 Å². The molecule has 0 atom stereocenters. The first-order valence-electron chi connectivity index (χ1n) is 12.4. The first-order chi connectivity index (χ1) is 17.7. The zero-order valence-electron chi connectivity index (χ0n) is 21.8. The molecule has 3 aromatic rings. The Morgan fingerprint density at radius 3 is 2.45 bits per heavy atom. The van der Waals surface area contributed by atoms with Crippen molar-refractivity contribution in [3.63, 3.8) is 0 Å². The molecule has 199 valence electrons. The van der Waals surface area contributed by atoms with Crippen LogP contribution in [0.4, 0.5) is 0 Å². The van der Waals surface area contributed by atoms with Crippen molar-refractivity contribution in [2.45, 2.75) is 13.8 Å². The number of hydrogen-bond acceptors (Lipinski definition) is 5. The molecule has 38 heavy (non-hydrogen) atoms. The molecule has 0 unspecified atom stereocenters. The van der Waals surface area contributed by atoms with Gasteiger partial charge in [0.15, 0.2) is 0 Å². The minimum Gasteiger partial charge on any atom is -1.00 e. The van der Waals surface area contributed by atoms with E-state index in [2.05, 4.69) is 34.8 Å². The van der Waals surface area contributed by atoms with Gasteiger partial charge < -0.3 is 50.1 Å². The van der Waals surface area contributed by atoms with Gasteiger partial charge in [-0.15, -0.1) is 6.54 Å². The summed E-state index contributed by atoms with van der Waals surface area (Å²) in [7, 11) is 0. The number of aliphatic imine (C=N–C) groups is 1. The smallest absolute Gasteiger partial charge is 1.00 e. The molecule has 8 heteroatoms. The van der Waals surface area contributed by atoms with Crippen LogP contribution in [0.15, 0.2) is 77.9 Å². The molecule has 0 bridgehead atoms. The van der Waals surface area contributed by atoms with E-state index in [4.69, 9.17) is 0 Å². The standard InChI is InChI=1S/C15H18N2O.C15H17N2O.Fe.HI/c2*1-2-16-9-10-17-11-14-13-6-4-3-5-12(13)7-8-15(14)18;;/h3-8,11,16,18H,2,9-10H2,1H3;3-8,11,16H,2,9-10H2,1H3;;1H/q;-1;+5;/p-2/b;14-11-;;. The number of benzene rings is 3. The summed E-state index contributed by atoms with van der Waals surface area (Å²) in [4.78, 5) is 4.30. The van der Waals surface area contributed by atoms with E-state index in [9.17, 15) is 10.2 Å². The van der Waals surface area contributed by atoms with Crippen LogP contribution < -0.4 is 44.8 Å². The van der Waals surface area contributed by atoms with E-state index < -0.39 is 0 Å². The normalized spacial score (nSPS) is 12.9. The molecule has 1 aliphatic rings. The van der Waals surface area contributed by atoms with E-state index in [1.807, 2.05) is 60.7 Å². The predicted octanol–water partition coefficient (Wildman–Crippen LogP) is 0.873. The van der Waals surface area contributed by atoms with Crippen molar-refractivity contribution in [1.82, 2.24) is 10.6 Å². The van der Waals surface area contributed by atoms with E-state index in [0.29, 0.717) is 24.2 Å². The Bertz CT molecular complexity index is 1200. The molecule has 6 nitrogen and oxygen atoms in total. The summed E-state index contributed by atoms with van der Waals surface area (Å²) < 4.78 is 0. The van der Waals surface area contributed by atoms with Crippen LogP contribution in [0.3, 0.4) is 0 Å². The first kappa shape index (κ1) is 33.7. The molecule has 0 spiro atoms. The van der Waals surface area contributed by atoms with Gasteiger partial charge in [-0.1, -0.05) is 74.3 Å². The molecule has 1 radical (unpaired) electrons. The van der Waals surface area contributed by atoms with Crippen molar-refractivity contribution in [1.29, 1.82) is 0 Å². The molecular formula is C30H34FeIN4O2+2. The van der Waals surface area contributed by atoms with Gasteiger partial charge in [0, 0.05) is 24.9 Å². The Kier molecular flexibility index (Phi) is 16.7. The maximum atomic E-state index is 11.8. The second-order valence-corrected chi connectivity index (χ2v) is 8.17. The fourth-order valence-electron chi connectivity index (χ4n) is 3.77. The molecule has 0 heterocycles. The van der Waals surface area contributed by atoms with E-state index in [-0.39, 0.29) is 52.9 Å². The zero-order chi connectivity index (χ0) is 25.6. The molecule has 2 N–H and O–H groups in total. The maximum absolute atomic E-state index is 11.8. The molecule has 0 saturated carbocycles. The van der Waals surface area contributed by atoms with Crippen LogP contribution in [-0.4, -0.2) is 45.5 Å². The van der Waals surface area contributed by atoms with Crippen LogP contribution in [0.5, 0.6) is 5.75 Å². The number of nitrogens with zero attached hydrogens (tertiary/aromatic N) is 2. The van der Waals surface area contributed by atoms with Gasteiger partial charge in [-0.05, 0) is 54.2 Å². The van der Waals surface area contributed by atoms with Gasteiger partial charge in [-0.25, -0.2) is 0 Å². The van der Waals surface area contributed by atoms with Crippen molar-refractivity contribution < 1.29 is 51.3 Å². The molecule has 3 aromatic carbocycles. The average molecular weight is 665 g/mol. The van der Waals surface area contributed by atoms with Gasteiger partial charge in [0.05, 0.1) is 23.2 Å². The van der Waals surface area contributed by atoms with Crippen molar-refractivity contribution in [3.05, 3.63) is 101 Å². The summed E-state index contributed by atoms with van der Waals surface area (Å²) in [5.74, 6) is 0.0286. The van der Waals surface area contributed by atoms with Gasteiger partial charge in [0.2, 0.25) is 0 Å². The number of likely N-dealkylation sites (N-methyl/N-ethyl adjacent to an activating group) is 2. The molecule has 0 aliphatic heterocycles. The van der Waals surface area contributed by atoms with Gasteiger partial charge in [-0.2, -0.15) is 0 Å². The number of halogens is 1. The van der Waals surface area contributed by atoms with Crippen LogP contribution in [-0.2, 0) is 17.1 Å². The Labute approximate surface area is 254 Å². The van der Waals surface area contributed by atoms with Crippen LogP contribution in [0.25, 0.3) is 27.7 Å². The second kappa shape index (κ2) is 18.8. The Morgan fingerprint density at radius 1 is 0.947 bits per heavy atom. The SMILES string of the molecule is CCNCCN=Cc1c([O-])ccc2ccccc12.CCNCC[N-]/C=C1/c2ccccc2C=C[C+]1[O-].[Fe+5].[I-]. The van der Waals surface area contributed by atoms with Crippen LogP contribution >= 0.6 is 0 Å². The molecule has 1 aliphatic carbocycles. The van der Waals surface area contributed by atoms with Crippen molar-refractivity contribution in [2.75, 3.05) is 39.3 Å². The largest absolute Gasteiger partial charge is 5.00 e. The van der Waals surface area contributed by atoms with Crippen LogP contribution in [0.1, 0.15) is 30.5 Å². The van der Waals surface area contributed by atoms with Crippen molar-refractivity contribution >= 4 is 28.6 Å². The summed E-state index contributed by atoms with van der Waals surface area (Å²) in [5, 5.41) is 36.4. The van der Waals surface area contributed by atoms with Gasteiger partial charge >= 0.3 is 17.1 Å². The molecule has 0 fully saturated rings. The quantitative estimate of drug-likeness (QED) is 0.111. The Morgan fingerprint density at radius 2 is 1.66 bits per heavy atom. The van der Waals surface area contributed by atoms with Gasteiger partial charge in [0.25, 0.3) is 0 Å². The second-order valence-electron chi connectivity index (χ2n) is 8.17. The molecular weight excluding hydrogens is 631 g/mol. The summed E-state index contributed by atoms with van der Waals surface area (Å²) in [6.45, 7) is 9.06. The van der Waals surface area contributed by atoms with Crippen molar-refractivity contribution in [3.8, 4) is 5.75 Å². The molecule has 4 rings (SSSR count). The average Bonchev–Trinajstić information content (AvgIpc) is 2.91. The Hall–Kier alpha value is -2.33. The van der Waals surface area contributed by atoms with E-state index in [1.165, 1.54) is 0 Å². The number of hydrogen-bond donors (Lipinski definition) is 2. The first-order valence-corrected chi connectivity index (χ1v) is 12.4. The summed E-state index contributed by atoms with van der Waals surface area (Å²) in [6, 6.07) is 19.2. The van der Waals surface area contributed by atoms with E-state index >= 15 is 0 Å². The summed E-state index contributed by atoms with van der Waals surface area (Å²) in [5.41, 5.74) is 3.41. The number of rotatable bonds is 10. The summed E-state index contributed by atoms with van der Waals surface area (Å²) >= 11 is 0. The van der Waals surface area contributed by atoms with Gasteiger partial charge in [-0.3, -0.25) is 4.99 Å². The summed E-state index contributed by atoms with van der Waals surface area (Å²) in [6.07, 6.45) is 6.88. The Balaban J connectivity index is 0.000000361. The number of fused-ring (bicyclic) bond motifs is 2. The third kappa shape index (κ3) is 10.1. The molecule has 0 amide bonds. The third-order valence-electron chi connectivity index (χ3n) is 5.64. The maximum Gasteiger partial charge on any atom is 5.00 e. The predicted molar refractivity (Wildman–Crippen MR) is 148 cm³/mol. The number of nitrogens with one attached hydrogen (secondary N) is 2. The minimum absolute atomic E-state index is 0. The topological polar surface area (TPSA) is 96.6 Å². The fourth-order valence-corrected chi connectivity index (χ4v) is 3.77. The monoisotopic (exact) mass is 665 g/mol. The van der Waals surface area contributed by atoms with Gasteiger partial charge in [0.1, 0.15) is 0 Å². The molecule has 0 aromatic heterocycles. The van der Waals surface area contributed by atoms with E-state index in [0.717, 1.165) is 48.1 Å². The van der Waals surface area contributed by atoms with Crippen LogP contribution in [0.2, 0.25) is 0 Å². The molecule has 0 saturated heterocycles. The minimum atomic E-state index is 0. The van der Waals surface area contributed by atoms with Crippen LogP contribution in [0, 0.1) is 6.10 Å². The van der Waals surface area contributed by atoms with E-state index in [1.54, 1.807) is 24.6 Å².